The Bertz CT molecular complexity index is 75.4. The fourth-order valence-corrected chi connectivity index (χ4v) is 0.801. The second-order valence-electron chi connectivity index (χ2n) is 1.49. The van der Waals surface area contributed by atoms with Crippen molar-refractivity contribution in [2.45, 2.75) is 12.8 Å². The molecule has 4 heteroatoms. The van der Waals surface area contributed by atoms with Crippen LogP contribution in [0, 0.1) is 0 Å². The van der Waals surface area contributed by atoms with Crippen molar-refractivity contribution in [2.75, 3.05) is 19.1 Å². The van der Waals surface area contributed by atoms with E-state index in [-0.39, 0.29) is 0 Å². The predicted octanol–water partition coefficient (Wildman–Crippen LogP) is 0.823. The van der Waals surface area contributed by atoms with Gasteiger partial charge in [-0.1, -0.05) is 0 Å². The number of rotatable bonds is 4. The first kappa shape index (κ1) is 12.5. The van der Waals surface area contributed by atoms with Crippen LogP contribution in [0.5, 0.6) is 0 Å². The number of aliphatic hydroxyl groups is 1. The summed E-state index contributed by atoms with van der Waals surface area (Å²) >= 11 is 1.68. The molecular weight excluding hydrogens is 152 g/mol. The van der Waals surface area contributed by atoms with Crippen molar-refractivity contribution in [3.05, 3.63) is 0 Å². The van der Waals surface area contributed by atoms with E-state index < -0.39 is 5.97 Å². The first-order chi connectivity index (χ1) is 4.77. The smallest absolute Gasteiger partial charge is 0.303 e. The first-order valence-corrected chi connectivity index (χ1v) is 4.32. The summed E-state index contributed by atoms with van der Waals surface area (Å²) in [6.07, 6.45) is 3.07. The van der Waals surface area contributed by atoms with Gasteiger partial charge in [-0.15, -0.1) is 0 Å². The van der Waals surface area contributed by atoms with Crippen LogP contribution in [0.25, 0.3) is 0 Å². The maximum atomic E-state index is 9.86. The first-order valence-electron chi connectivity index (χ1n) is 2.93. The number of aliphatic hydroxyl groups excluding tert-OH is 1. The molecule has 0 aliphatic heterocycles. The number of thioether (sulfide) groups is 1. The third kappa shape index (κ3) is 15.7. The average Bonchev–Trinajstić information content (AvgIpc) is 1.92. The van der Waals surface area contributed by atoms with E-state index in [1.54, 1.807) is 11.8 Å². The van der Waals surface area contributed by atoms with Crippen LogP contribution in [-0.4, -0.2) is 35.3 Å². The average molecular weight is 166 g/mol. The van der Waals surface area contributed by atoms with E-state index in [0.29, 0.717) is 6.42 Å². The highest BCUT2D eigenvalue weighted by molar-refractivity contribution is 7.98. The maximum absolute atomic E-state index is 9.86. The minimum atomic E-state index is -0.695. The zero-order valence-corrected chi connectivity index (χ0v) is 7.15. The molecule has 0 atom stereocenters. The van der Waals surface area contributed by atoms with E-state index in [0.717, 1.165) is 19.3 Å². The van der Waals surface area contributed by atoms with Gasteiger partial charge in [0.25, 0.3) is 0 Å². The third-order valence-electron chi connectivity index (χ3n) is 0.739. The Hall–Kier alpha value is -0.220. The molecule has 0 fully saturated rings. The van der Waals surface area contributed by atoms with Crippen LogP contribution in [0.3, 0.4) is 0 Å². The van der Waals surface area contributed by atoms with E-state index in [2.05, 4.69) is 0 Å². The molecular formula is C6H14O3S. The molecule has 2 N–H and O–H groups in total. The molecule has 0 saturated carbocycles. The van der Waals surface area contributed by atoms with Gasteiger partial charge in [-0.3, -0.25) is 4.79 Å². The normalized spacial score (nSPS) is 7.90. The van der Waals surface area contributed by atoms with Crippen molar-refractivity contribution >= 4 is 17.7 Å². The summed E-state index contributed by atoms with van der Waals surface area (Å²) in [5, 5.41) is 15.1. The van der Waals surface area contributed by atoms with Crippen LogP contribution in [0.15, 0.2) is 0 Å². The van der Waals surface area contributed by atoms with Gasteiger partial charge in [-0.2, -0.15) is 11.8 Å². The molecule has 0 aliphatic carbocycles. The van der Waals surface area contributed by atoms with E-state index in [9.17, 15) is 4.79 Å². The van der Waals surface area contributed by atoms with Crippen molar-refractivity contribution in [2.24, 2.45) is 0 Å². The van der Waals surface area contributed by atoms with Crippen LogP contribution in [0.4, 0.5) is 0 Å². The highest BCUT2D eigenvalue weighted by Crippen LogP contribution is 1.97. The fraction of sp³-hybridized carbons (Fsp3) is 0.833. The molecule has 10 heavy (non-hydrogen) atoms. The van der Waals surface area contributed by atoms with Crippen molar-refractivity contribution < 1.29 is 15.0 Å². The van der Waals surface area contributed by atoms with Gasteiger partial charge in [0.1, 0.15) is 0 Å². The Balaban J connectivity index is 0. The minimum Gasteiger partial charge on any atom is -0.481 e. The summed E-state index contributed by atoms with van der Waals surface area (Å²) in [5.41, 5.74) is 0. The summed E-state index contributed by atoms with van der Waals surface area (Å²) in [5.74, 6) is 0.255. The van der Waals surface area contributed by atoms with Crippen molar-refractivity contribution in [1.82, 2.24) is 0 Å². The Morgan fingerprint density at radius 1 is 1.50 bits per heavy atom. The zero-order chi connectivity index (χ0) is 8.41. The highest BCUT2D eigenvalue weighted by atomic mass is 32.2. The Morgan fingerprint density at radius 3 is 2.30 bits per heavy atom. The fourth-order valence-electron chi connectivity index (χ4n) is 0.368. The van der Waals surface area contributed by atoms with Gasteiger partial charge in [-0.05, 0) is 18.4 Å². The zero-order valence-electron chi connectivity index (χ0n) is 6.33. The maximum Gasteiger partial charge on any atom is 0.303 e. The summed E-state index contributed by atoms with van der Waals surface area (Å²) < 4.78 is 0. The van der Waals surface area contributed by atoms with Gasteiger partial charge in [0.05, 0.1) is 0 Å². The van der Waals surface area contributed by atoms with Gasteiger partial charge in [0.2, 0.25) is 0 Å². The van der Waals surface area contributed by atoms with Crippen LogP contribution in [-0.2, 0) is 4.79 Å². The minimum absolute atomic E-state index is 0.306. The summed E-state index contributed by atoms with van der Waals surface area (Å²) in [7, 11) is 1.00. The molecule has 0 amide bonds. The van der Waals surface area contributed by atoms with Gasteiger partial charge in [0.15, 0.2) is 0 Å². The van der Waals surface area contributed by atoms with E-state index in [1.165, 1.54) is 0 Å². The molecule has 0 unspecified atom stereocenters. The number of carbonyl (C=O) groups is 1. The molecule has 0 rings (SSSR count). The highest BCUT2D eigenvalue weighted by Gasteiger charge is 1.93. The topological polar surface area (TPSA) is 57.5 Å². The standard InChI is InChI=1S/C5H10O2S.CH4O/c1-8-4-2-3-5(6)7;1-2/h2-4H2,1H3,(H,6,7);2H,1H3. The van der Waals surface area contributed by atoms with Crippen LogP contribution in [0.2, 0.25) is 0 Å². The largest absolute Gasteiger partial charge is 0.481 e. The Kier molecular flexibility index (Phi) is 14.4. The molecule has 0 heterocycles. The van der Waals surface area contributed by atoms with Crippen molar-refractivity contribution in [3.8, 4) is 0 Å². The molecule has 0 radical (unpaired) electrons. The molecule has 0 aromatic heterocycles. The number of carboxylic acid groups (broad SMARTS) is 1. The van der Waals surface area contributed by atoms with Crippen molar-refractivity contribution in [3.63, 3.8) is 0 Å². The van der Waals surface area contributed by atoms with Gasteiger partial charge < -0.3 is 10.2 Å². The number of aliphatic carboxylic acids is 1. The van der Waals surface area contributed by atoms with Gasteiger partial charge in [0, 0.05) is 13.5 Å². The van der Waals surface area contributed by atoms with Crippen LogP contribution in [0.1, 0.15) is 12.8 Å². The quantitative estimate of drug-likeness (QED) is 0.607. The molecule has 0 saturated heterocycles. The Labute approximate surface area is 65.4 Å². The second-order valence-corrected chi connectivity index (χ2v) is 2.48. The Morgan fingerprint density at radius 2 is 2.00 bits per heavy atom. The molecule has 0 aromatic carbocycles. The number of carboxylic acids is 1. The molecule has 0 bridgehead atoms. The molecule has 0 aliphatic rings. The lowest BCUT2D eigenvalue weighted by Gasteiger charge is -1.89. The lowest BCUT2D eigenvalue weighted by molar-refractivity contribution is -0.137. The molecule has 0 spiro atoms. The van der Waals surface area contributed by atoms with Crippen LogP contribution < -0.4 is 0 Å². The van der Waals surface area contributed by atoms with Crippen LogP contribution >= 0.6 is 11.8 Å². The third-order valence-corrected chi connectivity index (χ3v) is 1.44. The molecule has 62 valence electrons. The van der Waals surface area contributed by atoms with Gasteiger partial charge >= 0.3 is 5.97 Å². The second kappa shape index (κ2) is 11.6. The lowest BCUT2D eigenvalue weighted by atomic mass is 10.3. The summed E-state index contributed by atoms with van der Waals surface area (Å²) in [6, 6.07) is 0. The molecule has 0 aromatic rings. The van der Waals surface area contributed by atoms with E-state index in [1.807, 2.05) is 6.26 Å². The number of hydrogen-bond donors (Lipinski definition) is 2. The molecule has 3 nitrogen and oxygen atoms in total. The monoisotopic (exact) mass is 166 g/mol. The number of hydrogen-bond acceptors (Lipinski definition) is 3. The SMILES string of the molecule is CO.CSCCCC(=O)O. The lowest BCUT2D eigenvalue weighted by Crippen LogP contribution is -1.94. The summed E-state index contributed by atoms with van der Waals surface area (Å²) in [6.45, 7) is 0. The summed E-state index contributed by atoms with van der Waals surface area (Å²) in [4.78, 5) is 9.86. The van der Waals surface area contributed by atoms with E-state index in [4.69, 9.17) is 10.2 Å². The van der Waals surface area contributed by atoms with Crippen molar-refractivity contribution in [1.29, 1.82) is 0 Å². The van der Waals surface area contributed by atoms with E-state index >= 15 is 0 Å². The van der Waals surface area contributed by atoms with Gasteiger partial charge in [-0.25, -0.2) is 0 Å². The predicted molar refractivity (Wildman–Crippen MR) is 43.4 cm³/mol.